The molecule has 4 rings (SSSR count). The smallest absolute Gasteiger partial charge is 0.414 e. The zero-order chi connectivity index (χ0) is 20.5. The molecule has 0 aliphatic carbocycles. The highest BCUT2D eigenvalue weighted by Gasteiger charge is 2.33. The van der Waals surface area contributed by atoms with Crippen molar-refractivity contribution in [2.45, 2.75) is 19.1 Å². The molecule has 29 heavy (non-hydrogen) atoms. The van der Waals surface area contributed by atoms with Crippen LogP contribution in [0.15, 0.2) is 42.5 Å². The third-order valence-corrected chi connectivity index (χ3v) is 5.75. The first-order valence-electron chi connectivity index (χ1n) is 9.52. The minimum atomic E-state index is -0.495. The number of amides is 1. The molecule has 6 nitrogen and oxygen atoms in total. The molecule has 2 aromatic rings. The molecule has 8 heteroatoms. The number of hydrogen-bond donors (Lipinski definition) is 1. The van der Waals surface area contributed by atoms with Crippen LogP contribution in [0.25, 0.3) is 0 Å². The maximum absolute atomic E-state index is 14.9. The highest BCUT2D eigenvalue weighted by Crippen LogP contribution is 2.31. The van der Waals surface area contributed by atoms with Gasteiger partial charge in [0.05, 0.1) is 24.5 Å². The van der Waals surface area contributed by atoms with Gasteiger partial charge in [0, 0.05) is 20.1 Å². The zero-order valence-corrected chi connectivity index (χ0v) is 17.0. The van der Waals surface area contributed by atoms with Gasteiger partial charge in [0.2, 0.25) is 0 Å². The van der Waals surface area contributed by atoms with E-state index in [9.17, 15) is 9.18 Å². The fourth-order valence-electron chi connectivity index (χ4n) is 3.84. The Labute approximate surface area is 174 Å². The van der Waals surface area contributed by atoms with E-state index in [1.54, 1.807) is 24.1 Å². The monoisotopic (exact) mass is 414 g/mol. The lowest BCUT2D eigenvalue weighted by Gasteiger charge is -2.31. The summed E-state index contributed by atoms with van der Waals surface area (Å²) in [5.74, 6) is -0.349. The van der Waals surface area contributed by atoms with Crippen molar-refractivity contribution in [1.82, 2.24) is 4.90 Å². The molecule has 2 aliphatic rings. The van der Waals surface area contributed by atoms with Crippen LogP contribution in [0, 0.1) is 5.82 Å². The van der Waals surface area contributed by atoms with E-state index < -0.39 is 6.09 Å². The number of hydrogen-bond acceptors (Lipinski definition) is 4. The highest BCUT2D eigenvalue weighted by molar-refractivity contribution is 7.80. The van der Waals surface area contributed by atoms with Gasteiger partial charge in [-0.2, -0.15) is 0 Å². The van der Waals surface area contributed by atoms with Crippen LogP contribution in [0.2, 0.25) is 0 Å². The number of nitrogens with two attached hydrogens (primary N) is 1. The van der Waals surface area contributed by atoms with Gasteiger partial charge in [-0.05, 0) is 48.0 Å². The van der Waals surface area contributed by atoms with E-state index in [1.165, 1.54) is 22.1 Å². The van der Waals surface area contributed by atoms with E-state index in [4.69, 9.17) is 22.7 Å². The Balaban J connectivity index is 1.48. The quantitative estimate of drug-likeness (QED) is 0.777. The Morgan fingerprint density at radius 1 is 1.31 bits per heavy atom. The molecule has 152 valence electrons. The second-order valence-corrected chi connectivity index (χ2v) is 7.83. The molecule has 1 fully saturated rings. The molecule has 0 saturated carbocycles. The lowest BCUT2D eigenvalue weighted by Crippen LogP contribution is -2.39. The molecule has 2 N–H and O–H groups in total. The van der Waals surface area contributed by atoms with E-state index in [0.29, 0.717) is 31.0 Å². The predicted octanol–water partition coefficient (Wildman–Crippen LogP) is 2.89. The molecular formula is C21H23FN4O2S. The third-order valence-electron chi connectivity index (χ3n) is 5.44. The number of nitrogens with zero attached hydrogens (tertiary/aromatic N) is 3. The van der Waals surface area contributed by atoms with Crippen molar-refractivity contribution in [3.05, 3.63) is 59.4 Å². The minimum Gasteiger partial charge on any atom is -0.442 e. The van der Waals surface area contributed by atoms with Gasteiger partial charge in [0.25, 0.3) is 0 Å². The van der Waals surface area contributed by atoms with Gasteiger partial charge in [0.15, 0.2) is 5.11 Å². The van der Waals surface area contributed by atoms with Crippen LogP contribution in [-0.4, -0.2) is 48.9 Å². The zero-order valence-electron chi connectivity index (χ0n) is 16.2. The predicted molar refractivity (Wildman–Crippen MR) is 115 cm³/mol. The molecule has 1 amide bonds. The lowest BCUT2D eigenvalue weighted by molar-refractivity contribution is 0.130. The molecule has 1 atom stereocenters. The van der Waals surface area contributed by atoms with Gasteiger partial charge in [-0.15, -0.1) is 0 Å². The standard InChI is InChI=1S/C21H23FN4O2S/c1-24(20(23)29)12-17-13-26(21(27)28-17)16-6-7-19(18(22)10-16)25-9-8-14-4-2-3-5-15(14)11-25/h2-7,10,17H,8-9,11-13H2,1H3,(H2,23,29)/t17-/m1/s1. The largest absolute Gasteiger partial charge is 0.442 e. The van der Waals surface area contributed by atoms with Crippen LogP contribution in [0.4, 0.5) is 20.6 Å². The molecule has 2 aliphatic heterocycles. The van der Waals surface area contributed by atoms with Crippen molar-refractivity contribution < 1.29 is 13.9 Å². The van der Waals surface area contributed by atoms with E-state index in [1.807, 2.05) is 17.0 Å². The molecule has 1 saturated heterocycles. The van der Waals surface area contributed by atoms with Gasteiger partial charge in [-0.1, -0.05) is 24.3 Å². The number of cyclic esters (lactones) is 1. The van der Waals surface area contributed by atoms with Crippen molar-refractivity contribution in [2.24, 2.45) is 5.73 Å². The molecule has 0 unspecified atom stereocenters. The third kappa shape index (κ3) is 3.98. The number of anilines is 2. The average molecular weight is 415 g/mol. The first-order valence-corrected chi connectivity index (χ1v) is 9.93. The van der Waals surface area contributed by atoms with Crippen molar-refractivity contribution in [3.63, 3.8) is 0 Å². The Bertz CT molecular complexity index is 954. The first kappa shape index (κ1) is 19.4. The van der Waals surface area contributed by atoms with Gasteiger partial charge in [0.1, 0.15) is 11.9 Å². The normalized spacial score (nSPS) is 18.4. The maximum Gasteiger partial charge on any atom is 0.414 e. The summed E-state index contributed by atoms with van der Waals surface area (Å²) in [5.41, 5.74) is 9.13. The molecule has 0 bridgehead atoms. The summed E-state index contributed by atoms with van der Waals surface area (Å²) in [6.07, 6.45) is 0.00863. The fourth-order valence-corrected chi connectivity index (χ4v) is 3.92. The number of carbonyl (C=O) groups excluding carboxylic acids is 1. The van der Waals surface area contributed by atoms with Crippen LogP contribution >= 0.6 is 12.2 Å². The summed E-state index contributed by atoms with van der Waals surface area (Å²) >= 11 is 4.92. The van der Waals surface area contributed by atoms with Crippen LogP contribution < -0.4 is 15.5 Å². The topological polar surface area (TPSA) is 62.0 Å². The number of carbonyl (C=O) groups is 1. The number of fused-ring (bicyclic) bond motifs is 1. The second kappa shape index (κ2) is 7.87. The van der Waals surface area contributed by atoms with E-state index in [-0.39, 0.29) is 17.0 Å². The van der Waals surface area contributed by atoms with Crippen LogP contribution in [-0.2, 0) is 17.7 Å². The van der Waals surface area contributed by atoms with Crippen LogP contribution in [0.3, 0.4) is 0 Å². The highest BCUT2D eigenvalue weighted by atomic mass is 32.1. The Morgan fingerprint density at radius 3 is 2.79 bits per heavy atom. The van der Waals surface area contributed by atoms with Gasteiger partial charge >= 0.3 is 6.09 Å². The van der Waals surface area contributed by atoms with Gasteiger partial charge in [-0.25, -0.2) is 9.18 Å². The maximum atomic E-state index is 14.9. The van der Waals surface area contributed by atoms with Gasteiger partial charge in [-0.3, -0.25) is 4.90 Å². The second-order valence-electron chi connectivity index (χ2n) is 7.41. The molecule has 0 radical (unpaired) electrons. The fraction of sp³-hybridized carbons (Fsp3) is 0.333. The van der Waals surface area contributed by atoms with Crippen molar-refractivity contribution in [1.29, 1.82) is 0 Å². The van der Waals surface area contributed by atoms with Crippen LogP contribution in [0.5, 0.6) is 0 Å². The summed E-state index contributed by atoms with van der Waals surface area (Å²) in [4.78, 5) is 17.4. The van der Waals surface area contributed by atoms with Crippen molar-refractivity contribution >= 4 is 34.8 Å². The Hall–Kier alpha value is -2.87. The number of rotatable bonds is 4. The number of benzene rings is 2. The van der Waals surface area contributed by atoms with Crippen molar-refractivity contribution in [2.75, 3.05) is 36.5 Å². The van der Waals surface area contributed by atoms with Gasteiger partial charge < -0.3 is 20.3 Å². The molecule has 2 heterocycles. The average Bonchev–Trinajstić information content (AvgIpc) is 3.07. The molecule has 0 spiro atoms. The summed E-state index contributed by atoms with van der Waals surface area (Å²) in [6, 6.07) is 13.1. The summed E-state index contributed by atoms with van der Waals surface area (Å²) < 4.78 is 20.3. The minimum absolute atomic E-state index is 0.234. The number of halogens is 1. The van der Waals surface area contributed by atoms with Crippen LogP contribution in [0.1, 0.15) is 11.1 Å². The molecule has 0 aromatic heterocycles. The Morgan fingerprint density at radius 2 is 2.07 bits per heavy atom. The van der Waals surface area contributed by atoms with E-state index in [2.05, 4.69) is 12.1 Å². The SMILES string of the molecule is CN(C[C@@H]1CN(c2ccc(N3CCc4ccccc4C3)c(F)c2)C(=O)O1)C(N)=S. The van der Waals surface area contributed by atoms with E-state index >= 15 is 0 Å². The lowest BCUT2D eigenvalue weighted by atomic mass is 9.99. The number of likely N-dealkylation sites (N-methyl/N-ethyl adjacent to an activating group) is 1. The Kier molecular flexibility index (Phi) is 5.27. The summed E-state index contributed by atoms with van der Waals surface area (Å²) in [7, 11) is 1.74. The molecule has 2 aromatic carbocycles. The number of thiocarbonyl (C=S) groups is 1. The van der Waals surface area contributed by atoms with Crippen molar-refractivity contribution in [3.8, 4) is 0 Å². The summed E-state index contributed by atoms with van der Waals surface area (Å²) in [6.45, 7) is 2.14. The first-order chi connectivity index (χ1) is 13.9. The summed E-state index contributed by atoms with van der Waals surface area (Å²) in [5, 5.41) is 0.234. The molecular weight excluding hydrogens is 391 g/mol. The number of ether oxygens (including phenoxy) is 1. The van der Waals surface area contributed by atoms with E-state index in [0.717, 1.165) is 13.0 Å².